The predicted octanol–water partition coefficient (Wildman–Crippen LogP) is 2.18. The maximum absolute atomic E-state index is 13.9. The van der Waals surface area contributed by atoms with Crippen LogP contribution in [0.2, 0.25) is 0 Å². The Morgan fingerprint density at radius 1 is 1.12 bits per heavy atom. The molecule has 1 aromatic heterocycles. The van der Waals surface area contributed by atoms with Gasteiger partial charge < -0.3 is 4.90 Å². The molecule has 0 atom stereocenters. The minimum Gasteiger partial charge on any atom is -0.367 e. The lowest BCUT2D eigenvalue weighted by atomic mass is 10.1. The van der Waals surface area contributed by atoms with E-state index in [1.807, 2.05) is 16.8 Å². The van der Waals surface area contributed by atoms with E-state index in [1.165, 1.54) is 6.07 Å². The second-order valence-electron chi connectivity index (χ2n) is 6.72. The first-order chi connectivity index (χ1) is 11.6. The van der Waals surface area contributed by atoms with E-state index in [0.29, 0.717) is 11.6 Å². The summed E-state index contributed by atoms with van der Waals surface area (Å²) in [4.78, 5) is 4.43. The number of tetrazole rings is 1. The molecule has 1 aliphatic heterocycles. The summed E-state index contributed by atoms with van der Waals surface area (Å²) in [6, 6.07) is 6.97. The molecule has 1 aromatic carbocycles. The maximum atomic E-state index is 13.9. The number of nitrogens with zero attached hydrogens (tertiary/aromatic N) is 6. The number of aryl methyl sites for hydroxylation is 1. The first-order valence-corrected chi connectivity index (χ1v) is 8.60. The first-order valence-electron chi connectivity index (χ1n) is 8.60. The molecule has 2 aromatic rings. The standard InChI is InChI=1S/C17H25FN6/c1-14(2)7-8-24-17(19-20-21-24)13-22-9-11-23(12-10-22)16-6-4-3-5-15(16)18/h3-6,14H,7-13H2,1-2H3. The molecule has 130 valence electrons. The molecule has 0 aliphatic carbocycles. The fraction of sp³-hybridized carbons (Fsp3) is 0.588. The van der Waals surface area contributed by atoms with E-state index in [2.05, 4.69) is 39.2 Å². The molecule has 24 heavy (non-hydrogen) atoms. The van der Waals surface area contributed by atoms with Crippen molar-refractivity contribution in [1.29, 1.82) is 0 Å². The Morgan fingerprint density at radius 3 is 2.58 bits per heavy atom. The molecule has 0 radical (unpaired) electrons. The fourth-order valence-corrected chi connectivity index (χ4v) is 2.95. The molecule has 3 rings (SSSR count). The monoisotopic (exact) mass is 332 g/mol. The minimum atomic E-state index is -0.149. The van der Waals surface area contributed by atoms with Gasteiger partial charge in [-0.25, -0.2) is 9.07 Å². The van der Waals surface area contributed by atoms with Crippen molar-refractivity contribution < 1.29 is 4.39 Å². The molecule has 0 saturated carbocycles. The molecule has 7 heteroatoms. The average molecular weight is 332 g/mol. The van der Waals surface area contributed by atoms with Crippen LogP contribution < -0.4 is 4.90 Å². The second kappa shape index (κ2) is 7.70. The Morgan fingerprint density at radius 2 is 1.88 bits per heavy atom. The Hall–Kier alpha value is -2.02. The zero-order valence-corrected chi connectivity index (χ0v) is 14.4. The van der Waals surface area contributed by atoms with E-state index in [9.17, 15) is 4.39 Å². The van der Waals surface area contributed by atoms with Crippen LogP contribution in [0.3, 0.4) is 0 Å². The van der Waals surface area contributed by atoms with Crippen molar-refractivity contribution in [2.75, 3.05) is 31.1 Å². The van der Waals surface area contributed by atoms with Crippen molar-refractivity contribution in [3.63, 3.8) is 0 Å². The van der Waals surface area contributed by atoms with Gasteiger partial charge in [0.25, 0.3) is 0 Å². The van der Waals surface area contributed by atoms with Crippen LogP contribution in [0.25, 0.3) is 0 Å². The first kappa shape index (κ1) is 16.8. The lowest BCUT2D eigenvalue weighted by Crippen LogP contribution is -2.46. The number of benzene rings is 1. The zero-order chi connectivity index (χ0) is 16.9. The molecule has 2 heterocycles. The predicted molar refractivity (Wildman–Crippen MR) is 91.2 cm³/mol. The largest absolute Gasteiger partial charge is 0.367 e. The van der Waals surface area contributed by atoms with Crippen LogP contribution in [0.5, 0.6) is 0 Å². The van der Waals surface area contributed by atoms with E-state index in [0.717, 1.165) is 51.5 Å². The lowest BCUT2D eigenvalue weighted by Gasteiger charge is -2.35. The normalized spacial score (nSPS) is 16.1. The smallest absolute Gasteiger partial charge is 0.165 e. The van der Waals surface area contributed by atoms with Gasteiger partial charge >= 0.3 is 0 Å². The van der Waals surface area contributed by atoms with E-state index in [4.69, 9.17) is 0 Å². The molecular formula is C17H25FN6. The third-order valence-electron chi connectivity index (χ3n) is 4.45. The van der Waals surface area contributed by atoms with Crippen molar-refractivity contribution in [1.82, 2.24) is 25.1 Å². The number of hydrogen-bond acceptors (Lipinski definition) is 5. The van der Waals surface area contributed by atoms with Crippen LogP contribution in [0.1, 0.15) is 26.1 Å². The van der Waals surface area contributed by atoms with Crippen molar-refractivity contribution in [3.8, 4) is 0 Å². The zero-order valence-electron chi connectivity index (χ0n) is 14.4. The average Bonchev–Trinajstić information content (AvgIpc) is 3.01. The van der Waals surface area contributed by atoms with Gasteiger partial charge in [0.1, 0.15) is 5.82 Å². The van der Waals surface area contributed by atoms with Crippen LogP contribution in [0.4, 0.5) is 10.1 Å². The molecular weight excluding hydrogens is 307 g/mol. The highest BCUT2D eigenvalue weighted by atomic mass is 19.1. The Balaban J connectivity index is 1.55. The molecule has 0 bridgehead atoms. The van der Waals surface area contributed by atoms with Gasteiger partial charge in [0.2, 0.25) is 0 Å². The van der Waals surface area contributed by atoms with Crippen molar-refractivity contribution in [2.24, 2.45) is 5.92 Å². The quantitative estimate of drug-likeness (QED) is 0.811. The van der Waals surface area contributed by atoms with Crippen LogP contribution in [0, 0.1) is 11.7 Å². The third-order valence-corrected chi connectivity index (χ3v) is 4.45. The molecule has 1 aliphatic rings. The molecule has 6 nitrogen and oxygen atoms in total. The van der Waals surface area contributed by atoms with Crippen LogP contribution in [-0.2, 0) is 13.1 Å². The van der Waals surface area contributed by atoms with Crippen LogP contribution in [-0.4, -0.2) is 51.3 Å². The Kier molecular flexibility index (Phi) is 5.40. The molecule has 0 amide bonds. The van der Waals surface area contributed by atoms with Gasteiger partial charge in [-0.15, -0.1) is 5.10 Å². The van der Waals surface area contributed by atoms with Gasteiger partial charge in [0.05, 0.1) is 12.2 Å². The van der Waals surface area contributed by atoms with Gasteiger partial charge in [-0.1, -0.05) is 26.0 Å². The summed E-state index contributed by atoms with van der Waals surface area (Å²) in [6.45, 7) is 9.39. The molecule has 0 unspecified atom stereocenters. The van der Waals surface area contributed by atoms with Gasteiger partial charge in [0.15, 0.2) is 5.82 Å². The van der Waals surface area contributed by atoms with Crippen molar-refractivity contribution >= 4 is 5.69 Å². The van der Waals surface area contributed by atoms with Gasteiger partial charge in [-0.2, -0.15) is 0 Å². The number of piperazine rings is 1. The highest BCUT2D eigenvalue weighted by Crippen LogP contribution is 2.20. The molecule has 1 fully saturated rings. The summed E-state index contributed by atoms with van der Waals surface area (Å²) in [6.07, 6.45) is 1.07. The van der Waals surface area contributed by atoms with E-state index < -0.39 is 0 Å². The highest BCUT2D eigenvalue weighted by Gasteiger charge is 2.21. The summed E-state index contributed by atoms with van der Waals surface area (Å²) < 4.78 is 15.8. The van der Waals surface area contributed by atoms with Crippen molar-refractivity contribution in [2.45, 2.75) is 33.4 Å². The van der Waals surface area contributed by atoms with Gasteiger partial charge in [0, 0.05) is 32.7 Å². The summed E-state index contributed by atoms with van der Waals surface area (Å²) in [7, 11) is 0. The van der Waals surface area contributed by atoms with E-state index >= 15 is 0 Å². The summed E-state index contributed by atoms with van der Waals surface area (Å²) >= 11 is 0. The number of rotatable bonds is 6. The molecule has 0 N–H and O–H groups in total. The maximum Gasteiger partial charge on any atom is 0.165 e. The second-order valence-corrected chi connectivity index (χ2v) is 6.72. The number of aromatic nitrogens is 4. The highest BCUT2D eigenvalue weighted by molar-refractivity contribution is 5.47. The minimum absolute atomic E-state index is 0.149. The van der Waals surface area contributed by atoms with Crippen LogP contribution >= 0.6 is 0 Å². The number of halogens is 1. The Labute approximate surface area is 142 Å². The molecule has 0 spiro atoms. The lowest BCUT2D eigenvalue weighted by molar-refractivity contribution is 0.238. The Bertz CT molecular complexity index is 648. The van der Waals surface area contributed by atoms with Crippen LogP contribution in [0.15, 0.2) is 24.3 Å². The van der Waals surface area contributed by atoms with Crippen molar-refractivity contribution in [3.05, 3.63) is 35.9 Å². The molecule has 1 saturated heterocycles. The van der Waals surface area contributed by atoms with E-state index in [1.54, 1.807) is 6.07 Å². The summed E-state index contributed by atoms with van der Waals surface area (Å²) in [5.41, 5.74) is 0.693. The number of hydrogen-bond donors (Lipinski definition) is 0. The number of anilines is 1. The summed E-state index contributed by atoms with van der Waals surface area (Å²) in [5, 5.41) is 12.1. The topological polar surface area (TPSA) is 50.1 Å². The third kappa shape index (κ3) is 4.08. The van der Waals surface area contributed by atoms with E-state index in [-0.39, 0.29) is 5.82 Å². The summed E-state index contributed by atoms with van der Waals surface area (Å²) in [5.74, 6) is 1.39. The number of para-hydroxylation sites is 1. The fourth-order valence-electron chi connectivity index (χ4n) is 2.95. The van der Waals surface area contributed by atoms with Gasteiger partial charge in [-0.05, 0) is 34.9 Å². The SMILES string of the molecule is CC(C)CCn1nnnc1CN1CCN(c2ccccc2F)CC1. The van der Waals surface area contributed by atoms with Gasteiger partial charge in [-0.3, -0.25) is 4.90 Å².